The molecule has 0 unspecified atom stereocenters. The number of aromatic nitrogens is 2. The van der Waals surface area contributed by atoms with E-state index in [2.05, 4.69) is 16.0 Å². The molecule has 0 spiro atoms. The molecule has 24 heavy (non-hydrogen) atoms. The molecule has 0 radical (unpaired) electrons. The third-order valence-corrected chi connectivity index (χ3v) is 4.66. The standard InChI is InChI=1S/C16H14ClN3O2S2/c1-3-22-13(21)9-24-16-19-14(10-4-6-11(17)7-5-10)12(8-18)15(20-16)23-2/h4-7H,3,9H2,1-2H3. The van der Waals surface area contributed by atoms with Crippen LogP contribution in [0.15, 0.2) is 34.4 Å². The van der Waals surface area contributed by atoms with Gasteiger partial charge in [0.1, 0.15) is 16.7 Å². The normalized spacial score (nSPS) is 10.2. The van der Waals surface area contributed by atoms with E-state index in [1.54, 1.807) is 31.2 Å². The molecule has 8 heteroatoms. The number of ether oxygens (including phenoxy) is 1. The second-order valence-electron chi connectivity index (χ2n) is 4.45. The molecule has 124 valence electrons. The maximum absolute atomic E-state index is 11.5. The molecule has 2 aromatic rings. The minimum absolute atomic E-state index is 0.119. The van der Waals surface area contributed by atoms with Gasteiger partial charge in [0.05, 0.1) is 18.1 Å². The molecule has 5 nitrogen and oxygen atoms in total. The lowest BCUT2D eigenvalue weighted by atomic mass is 10.1. The zero-order chi connectivity index (χ0) is 17.5. The highest BCUT2D eigenvalue weighted by Crippen LogP contribution is 2.30. The van der Waals surface area contributed by atoms with Gasteiger partial charge in [0.2, 0.25) is 0 Å². The number of nitriles is 1. The molecular formula is C16H14ClN3O2S2. The van der Waals surface area contributed by atoms with E-state index < -0.39 is 0 Å². The van der Waals surface area contributed by atoms with E-state index in [4.69, 9.17) is 16.3 Å². The highest BCUT2D eigenvalue weighted by molar-refractivity contribution is 8.00. The molecule has 1 aromatic carbocycles. The summed E-state index contributed by atoms with van der Waals surface area (Å²) in [6.45, 7) is 2.09. The summed E-state index contributed by atoms with van der Waals surface area (Å²) in [6, 6.07) is 9.24. The lowest BCUT2D eigenvalue weighted by Gasteiger charge is -2.09. The third-order valence-electron chi connectivity index (χ3n) is 2.90. The van der Waals surface area contributed by atoms with Crippen LogP contribution in [0.1, 0.15) is 12.5 Å². The average molecular weight is 380 g/mol. The fourth-order valence-electron chi connectivity index (χ4n) is 1.88. The van der Waals surface area contributed by atoms with Crippen molar-refractivity contribution in [1.82, 2.24) is 9.97 Å². The zero-order valence-corrected chi connectivity index (χ0v) is 15.5. The Hall–Kier alpha value is -1.75. The fourth-order valence-corrected chi connectivity index (χ4v) is 3.23. The number of rotatable bonds is 6. The first-order chi connectivity index (χ1) is 11.6. The van der Waals surface area contributed by atoms with E-state index in [1.165, 1.54) is 23.5 Å². The Morgan fingerprint density at radius 2 is 2.04 bits per heavy atom. The first kappa shape index (κ1) is 18.6. The van der Waals surface area contributed by atoms with Gasteiger partial charge < -0.3 is 4.74 Å². The van der Waals surface area contributed by atoms with Gasteiger partial charge in [0.25, 0.3) is 0 Å². The Bertz CT molecular complexity index is 776. The van der Waals surface area contributed by atoms with Crippen LogP contribution in [0, 0.1) is 11.3 Å². The molecule has 0 aliphatic carbocycles. The summed E-state index contributed by atoms with van der Waals surface area (Å²) in [6.07, 6.45) is 1.84. The average Bonchev–Trinajstić information content (AvgIpc) is 2.60. The number of thioether (sulfide) groups is 2. The number of hydrogen-bond donors (Lipinski definition) is 0. The molecule has 0 aliphatic heterocycles. The third kappa shape index (κ3) is 4.63. The molecule has 0 fully saturated rings. The number of halogens is 1. The zero-order valence-electron chi connectivity index (χ0n) is 13.1. The largest absolute Gasteiger partial charge is 0.465 e. The van der Waals surface area contributed by atoms with Crippen molar-refractivity contribution >= 4 is 41.1 Å². The minimum atomic E-state index is -0.325. The van der Waals surface area contributed by atoms with Crippen LogP contribution in [0.2, 0.25) is 5.02 Å². The van der Waals surface area contributed by atoms with E-state index >= 15 is 0 Å². The van der Waals surface area contributed by atoms with Gasteiger partial charge in [-0.25, -0.2) is 9.97 Å². The Morgan fingerprint density at radius 3 is 2.62 bits per heavy atom. The Kier molecular flexibility index (Phi) is 6.91. The summed E-state index contributed by atoms with van der Waals surface area (Å²) in [5, 5.41) is 11.1. The summed E-state index contributed by atoms with van der Waals surface area (Å²) >= 11 is 8.46. The maximum Gasteiger partial charge on any atom is 0.316 e. The molecule has 0 atom stereocenters. The van der Waals surface area contributed by atoms with Crippen molar-refractivity contribution in [3.05, 3.63) is 34.9 Å². The van der Waals surface area contributed by atoms with Gasteiger partial charge in [0.15, 0.2) is 5.16 Å². The number of carbonyl (C=O) groups is 1. The van der Waals surface area contributed by atoms with Crippen LogP contribution in [0.3, 0.4) is 0 Å². The van der Waals surface area contributed by atoms with Crippen LogP contribution in [0.25, 0.3) is 11.3 Å². The van der Waals surface area contributed by atoms with Gasteiger partial charge >= 0.3 is 5.97 Å². The molecule has 1 aromatic heterocycles. The molecule has 1 heterocycles. The van der Waals surface area contributed by atoms with Crippen molar-refractivity contribution < 1.29 is 9.53 Å². The van der Waals surface area contributed by atoms with Crippen molar-refractivity contribution in [3.63, 3.8) is 0 Å². The van der Waals surface area contributed by atoms with Crippen LogP contribution in [0.4, 0.5) is 0 Å². The van der Waals surface area contributed by atoms with E-state index in [9.17, 15) is 10.1 Å². The van der Waals surface area contributed by atoms with Crippen molar-refractivity contribution in [2.75, 3.05) is 18.6 Å². The van der Waals surface area contributed by atoms with E-state index in [0.717, 1.165) is 5.56 Å². The topological polar surface area (TPSA) is 75.9 Å². The summed E-state index contributed by atoms with van der Waals surface area (Å²) in [7, 11) is 0. The second-order valence-corrected chi connectivity index (χ2v) is 6.63. The van der Waals surface area contributed by atoms with E-state index in [1.807, 2.05) is 6.26 Å². The first-order valence-corrected chi connectivity index (χ1v) is 9.58. The summed E-state index contributed by atoms with van der Waals surface area (Å²) in [5.41, 5.74) is 1.71. The van der Waals surface area contributed by atoms with Crippen molar-refractivity contribution in [2.45, 2.75) is 17.1 Å². The fraction of sp³-hybridized carbons (Fsp3) is 0.250. The van der Waals surface area contributed by atoms with Crippen LogP contribution in [-0.2, 0) is 9.53 Å². The lowest BCUT2D eigenvalue weighted by Crippen LogP contribution is -2.07. The summed E-state index contributed by atoms with van der Waals surface area (Å²) in [5.74, 6) is -0.206. The van der Waals surface area contributed by atoms with Crippen LogP contribution >= 0.6 is 35.1 Å². The molecule has 0 bridgehead atoms. The van der Waals surface area contributed by atoms with Gasteiger partial charge in [0, 0.05) is 10.6 Å². The predicted molar refractivity (Wildman–Crippen MR) is 96.3 cm³/mol. The van der Waals surface area contributed by atoms with Crippen LogP contribution in [-0.4, -0.2) is 34.6 Å². The van der Waals surface area contributed by atoms with E-state index in [-0.39, 0.29) is 11.7 Å². The smallest absolute Gasteiger partial charge is 0.316 e. The van der Waals surface area contributed by atoms with Gasteiger partial charge in [-0.05, 0) is 25.3 Å². The Labute approximate surface area is 153 Å². The maximum atomic E-state index is 11.5. The van der Waals surface area contributed by atoms with E-state index in [0.29, 0.717) is 33.1 Å². The van der Waals surface area contributed by atoms with Gasteiger partial charge in [-0.2, -0.15) is 5.26 Å². The molecular weight excluding hydrogens is 366 g/mol. The monoisotopic (exact) mass is 379 g/mol. The predicted octanol–water partition coefficient (Wildman–Crippen LogP) is 4.05. The quantitative estimate of drug-likeness (QED) is 0.324. The number of benzene rings is 1. The van der Waals surface area contributed by atoms with Gasteiger partial charge in [-0.1, -0.05) is 35.5 Å². The molecule has 0 saturated heterocycles. The van der Waals surface area contributed by atoms with Crippen molar-refractivity contribution in [2.24, 2.45) is 0 Å². The number of esters is 1. The molecule has 0 saturated carbocycles. The van der Waals surface area contributed by atoms with Gasteiger partial charge in [-0.15, -0.1) is 11.8 Å². The highest BCUT2D eigenvalue weighted by atomic mass is 35.5. The van der Waals surface area contributed by atoms with Crippen LogP contribution in [0.5, 0.6) is 0 Å². The number of hydrogen-bond acceptors (Lipinski definition) is 7. The number of carbonyl (C=O) groups excluding carboxylic acids is 1. The Balaban J connectivity index is 2.40. The van der Waals surface area contributed by atoms with Crippen molar-refractivity contribution in [1.29, 1.82) is 5.26 Å². The Morgan fingerprint density at radius 1 is 1.33 bits per heavy atom. The SMILES string of the molecule is CCOC(=O)CSc1nc(SC)c(C#N)c(-c2ccc(Cl)cc2)n1. The van der Waals surface area contributed by atoms with Crippen molar-refractivity contribution in [3.8, 4) is 17.3 Å². The minimum Gasteiger partial charge on any atom is -0.465 e. The van der Waals surface area contributed by atoms with Crippen LogP contribution < -0.4 is 0 Å². The first-order valence-electron chi connectivity index (χ1n) is 6.99. The number of nitrogens with zero attached hydrogens (tertiary/aromatic N) is 3. The molecule has 0 amide bonds. The molecule has 0 aliphatic rings. The summed E-state index contributed by atoms with van der Waals surface area (Å²) < 4.78 is 4.91. The van der Waals surface area contributed by atoms with Gasteiger partial charge in [-0.3, -0.25) is 4.79 Å². The highest BCUT2D eigenvalue weighted by Gasteiger charge is 2.16. The molecule has 0 N–H and O–H groups in total. The lowest BCUT2D eigenvalue weighted by molar-refractivity contribution is -0.139. The summed E-state index contributed by atoms with van der Waals surface area (Å²) in [4.78, 5) is 20.3. The second kappa shape index (κ2) is 8.92. The molecule has 2 rings (SSSR count).